The number of hydrogen-bond acceptors (Lipinski definition) is 8. The number of carbonyl (C=O) groups is 2. The van der Waals surface area contributed by atoms with Crippen LogP contribution >= 0.6 is 0 Å². The van der Waals surface area contributed by atoms with Crippen LogP contribution in [0.2, 0.25) is 0 Å². The van der Waals surface area contributed by atoms with Crippen molar-refractivity contribution in [3.05, 3.63) is 48.0 Å². The molecule has 0 amide bonds. The van der Waals surface area contributed by atoms with Crippen molar-refractivity contribution in [3.8, 4) is 11.5 Å². The second-order valence-electron chi connectivity index (χ2n) is 6.30. The van der Waals surface area contributed by atoms with E-state index in [-0.39, 0.29) is 19.0 Å². The molecule has 1 atom stereocenters. The lowest BCUT2D eigenvalue weighted by Gasteiger charge is -2.35. The number of amidine groups is 1. The largest absolute Gasteiger partial charge is 0.497 e. The average molecular weight is 412 g/mol. The highest BCUT2D eigenvalue weighted by molar-refractivity contribution is 6.42. The van der Waals surface area contributed by atoms with E-state index in [4.69, 9.17) is 18.9 Å². The molecule has 2 aromatic rings. The van der Waals surface area contributed by atoms with Crippen LogP contribution in [0.3, 0.4) is 0 Å². The maximum atomic E-state index is 13.1. The van der Waals surface area contributed by atoms with Crippen LogP contribution in [0, 0.1) is 0 Å². The summed E-state index contributed by atoms with van der Waals surface area (Å²) in [5.41, 5.74) is 1.60. The van der Waals surface area contributed by atoms with Crippen LogP contribution in [-0.2, 0) is 19.1 Å². The number of methoxy groups -OCH3 is 2. The smallest absolute Gasteiger partial charge is 0.374 e. The van der Waals surface area contributed by atoms with Gasteiger partial charge in [-0.15, -0.1) is 0 Å². The molecule has 0 saturated heterocycles. The van der Waals surface area contributed by atoms with Gasteiger partial charge in [-0.3, -0.25) is 0 Å². The number of rotatable bonds is 7. The Morgan fingerprint density at radius 3 is 2.17 bits per heavy atom. The lowest BCUT2D eigenvalue weighted by Crippen LogP contribution is -2.46. The molecule has 8 nitrogen and oxygen atoms in total. The minimum Gasteiger partial charge on any atom is -0.497 e. The summed E-state index contributed by atoms with van der Waals surface area (Å²) in [6.07, 6.45) is 0. The van der Waals surface area contributed by atoms with Gasteiger partial charge in [0.05, 0.1) is 33.1 Å². The Kier molecular flexibility index (Phi) is 6.56. The molecule has 0 bridgehead atoms. The standard InChI is InChI=1S/C22H24N2O6/c1-5-29-21(25)19-17-13-16(28-4)11-12-18(17)23-20(22(26)30-6-2)24(19)14-7-9-15(27-3)10-8-14/h7-13,19H,5-6H2,1-4H3. The Bertz CT molecular complexity index is 955. The Labute approximate surface area is 175 Å². The van der Waals surface area contributed by atoms with E-state index in [0.717, 1.165) is 0 Å². The van der Waals surface area contributed by atoms with Gasteiger partial charge >= 0.3 is 11.9 Å². The summed E-state index contributed by atoms with van der Waals surface area (Å²) in [6.45, 7) is 3.80. The zero-order chi connectivity index (χ0) is 21.7. The molecule has 0 N–H and O–H groups in total. The minimum atomic E-state index is -0.944. The molecule has 2 aromatic carbocycles. The van der Waals surface area contributed by atoms with Gasteiger partial charge in [-0.25, -0.2) is 14.6 Å². The highest BCUT2D eigenvalue weighted by atomic mass is 16.5. The fraction of sp³-hybridized carbons (Fsp3) is 0.318. The first-order valence-corrected chi connectivity index (χ1v) is 9.57. The van der Waals surface area contributed by atoms with Gasteiger partial charge < -0.3 is 23.8 Å². The summed E-state index contributed by atoms with van der Waals surface area (Å²) in [6, 6.07) is 11.2. The fourth-order valence-corrected chi connectivity index (χ4v) is 3.22. The zero-order valence-electron chi connectivity index (χ0n) is 17.4. The molecular formula is C22H24N2O6. The predicted molar refractivity (Wildman–Crippen MR) is 112 cm³/mol. The third-order valence-corrected chi connectivity index (χ3v) is 4.56. The molecule has 30 heavy (non-hydrogen) atoms. The van der Waals surface area contributed by atoms with Crippen molar-refractivity contribution >= 4 is 29.1 Å². The lowest BCUT2D eigenvalue weighted by molar-refractivity contribution is -0.144. The number of fused-ring (bicyclic) bond motifs is 1. The van der Waals surface area contributed by atoms with E-state index < -0.39 is 18.0 Å². The number of benzene rings is 2. The van der Waals surface area contributed by atoms with Crippen LogP contribution < -0.4 is 14.4 Å². The van der Waals surface area contributed by atoms with Crippen LogP contribution in [0.5, 0.6) is 11.5 Å². The van der Waals surface area contributed by atoms with E-state index in [1.165, 1.54) is 4.90 Å². The van der Waals surface area contributed by atoms with E-state index >= 15 is 0 Å². The molecule has 1 aliphatic heterocycles. The zero-order valence-corrected chi connectivity index (χ0v) is 17.4. The summed E-state index contributed by atoms with van der Waals surface area (Å²) in [5.74, 6) is 0.0500. The first-order chi connectivity index (χ1) is 14.5. The number of esters is 2. The normalized spacial score (nSPS) is 15.0. The van der Waals surface area contributed by atoms with Gasteiger partial charge in [-0.2, -0.15) is 0 Å². The van der Waals surface area contributed by atoms with Gasteiger partial charge in [0.15, 0.2) is 6.04 Å². The highest BCUT2D eigenvalue weighted by Gasteiger charge is 2.40. The van der Waals surface area contributed by atoms with Crippen LogP contribution in [0.25, 0.3) is 0 Å². The lowest BCUT2D eigenvalue weighted by atomic mass is 9.99. The van der Waals surface area contributed by atoms with Crippen molar-refractivity contribution in [2.24, 2.45) is 4.99 Å². The fourth-order valence-electron chi connectivity index (χ4n) is 3.22. The summed E-state index contributed by atoms with van der Waals surface area (Å²) in [4.78, 5) is 31.9. The third-order valence-electron chi connectivity index (χ3n) is 4.56. The molecule has 0 fully saturated rings. The average Bonchev–Trinajstić information content (AvgIpc) is 2.77. The highest BCUT2D eigenvalue weighted by Crippen LogP contribution is 2.41. The number of ether oxygens (including phenoxy) is 4. The Balaban J connectivity index is 2.22. The summed E-state index contributed by atoms with van der Waals surface area (Å²) < 4.78 is 21.1. The molecular weight excluding hydrogens is 388 g/mol. The molecule has 1 unspecified atom stereocenters. The van der Waals surface area contributed by atoms with Gasteiger partial charge in [0.25, 0.3) is 0 Å². The predicted octanol–water partition coefficient (Wildman–Crippen LogP) is 3.42. The van der Waals surface area contributed by atoms with Crippen molar-refractivity contribution in [1.82, 2.24) is 0 Å². The molecule has 1 heterocycles. The monoisotopic (exact) mass is 412 g/mol. The molecule has 0 saturated carbocycles. The van der Waals surface area contributed by atoms with Gasteiger partial charge in [0.1, 0.15) is 11.5 Å². The van der Waals surface area contributed by atoms with Gasteiger partial charge in [-0.1, -0.05) is 0 Å². The molecule has 1 aliphatic rings. The Hall–Kier alpha value is -3.55. The van der Waals surface area contributed by atoms with E-state index in [9.17, 15) is 9.59 Å². The number of hydrogen-bond donors (Lipinski definition) is 0. The maximum Gasteiger partial charge on any atom is 0.374 e. The van der Waals surface area contributed by atoms with E-state index in [2.05, 4.69) is 4.99 Å². The van der Waals surface area contributed by atoms with Crippen molar-refractivity contribution in [3.63, 3.8) is 0 Å². The SMILES string of the molecule is CCOC(=O)C1=Nc2ccc(OC)cc2C(C(=O)OCC)N1c1ccc(OC)cc1. The topological polar surface area (TPSA) is 86.7 Å². The molecule has 158 valence electrons. The molecule has 3 rings (SSSR count). The van der Waals surface area contributed by atoms with Gasteiger partial charge in [0.2, 0.25) is 5.84 Å². The maximum absolute atomic E-state index is 13.1. The quantitative estimate of drug-likeness (QED) is 0.644. The van der Waals surface area contributed by atoms with E-state index in [0.29, 0.717) is 28.4 Å². The van der Waals surface area contributed by atoms with Crippen LogP contribution in [-0.4, -0.2) is 45.2 Å². The molecule has 0 aromatic heterocycles. The minimum absolute atomic E-state index is 0.00210. The van der Waals surface area contributed by atoms with E-state index in [1.807, 2.05) is 0 Å². The second-order valence-corrected chi connectivity index (χ2v) is 6.30. The van der Waals surface area contributed by atoms with Crippen LogP contribution in [0.15, 0.2) is 47.5 Å². The molecule has 8 heteroatoms. The van der Waals surface area contributed by atoms with E-state index in [1.54, 1.807) is 70.5 Å². The molecule has 0 aliphatic carbocycles. The first kappa shape index (κ1) is 21.2. The number of carbonyl (C=O) groups excluding carboxylic acids is 2. The number of anilines is 1. The van der Waals surface area contributed by atoms with Crippen LogP contribution in [0.1, 0.15) is 25.5 Å². The molecule has 0 radical (unpaired) electrons. The Morgan fingerprint density at radius 2 is 1.57 bits per heavy atom. The number of nitrogens with zero attached hydrogens (tertiary/aromatic N) is 2. The Morgan fingerprint density at radius 1 is 0.933 bits per heavy atom. The first-order valence-electron chi connectivity index (χ1n) is 9.57. The van der Waals surface area contributed by atoms with Crippen molar-refractivity contribution in [2.75, 3.05) is 32.3 Å². The third kappa shape index (κ3) is 4.07. The summed E-state index contributed by atoms with van der Waals surface area (Å²) in [5, 5.41) is 0. The second kappa shape index (κ2) is 9.30. The van der Waals surface area contributed by atoms with Crippen molar-refractivity contribution in [2.45, 2.75) is 19.9 Å². The van der Waals surface area contributed by atoms with Crippen LogP contribution in [0.4, 0.5) is 11.4 Å². The molecule has 0 spiro atoms. The summed E-state index contributed by atoms with van der Waals surface area (Å²) in [7, 11) is 3.10. The number of aliphatic imine (C=N–C) groups is 1. The van der Waals surface area contributed by atoms with Gasteiger partial charge in [0, 0.05) is 11.3 Å². The summed E-state index contributed by atoms with van der Waals surface area (Å²) >= 11 is 0. The van der Waals surface area contributed by atoms with Crippen molar-refractivity contribution in [1.29, 1.82) is 0 Å². The van der Waals surface area contributed by atoms with Crippen molar-refractivity contribution < 1.29 is 28.5 Å². The van der Waals surface area contributed by atoms with Gasteiger partial charge in [-0.05, 0) is 56.3 Å².